The molecule has 1 aliphatic heterocycles. The summed E-state index contributed by atoms with van der Waals surface area (Å²) in [6.45, 7) is 2.19. The minimum atomic E-state index is -3.51. The molecule has 0 spiro atoms. The van der Waals surface area contributed by atoms with E-state index in [4.69, 9.17) is 0 Å². The lowest BCUT2D eigenvalue weighted by molar-refractivity contribution is 0.246. The van der Waals surface area contributed by atoms with E-state index in [-0.39, 0.29) is 17.9 Å². The van der Waals surface area contributed by atoms with Crippen LogP contribution in [0.2, 0.25) is 0 Å². The highest BCUT2D eigenvalue weighted by molar-refractivity contribution is 7.87. The van der Waals surface area contributed by atoms with E-state index in [0.717, 1.165) is 57.2 Å². The Morgan fingerprint density at radius 1 is 1.08 bits per heavy atom. The third-order valence-corrected chi connectivity index (χ3v) is 6.17. The fraction of sp³-hybridized carbons (Fsp3) is 0.647. The minimum Gasteiger partial charge on any atom is -0.295 e. The van der Waals surface area contributed by atoms with E-state index in [0.29, 0.717) is 6.54 Å². The van der Waals surface area contributed by atoms with Gasteiger partial charge in [0.05, 0.1) is 0 Å². The molecule has 1 aromatic rings. The lowest BCUT2D eigenvalue weighted by atomic mass is 10.1. The maximum Gasteiger partial charge on any atom is 0.277 e. The van der Waals surface area contributed by atoms with Crippen molar-refractivity contribution in [3.8, 4) is 0 Å². The average Bonchev–Trinajstić information content (AvgIpc) is 3.22. The molecule has 0 amide bonds. The lowest BCUT2D eigenvalue weighted by Crippen LogP contribution is -2.45. The maximum atomic E-state index is 13.2. The molecule has 1 saturated heterocycles. The van der Waals surface area contributed by atoms with Crippen molar-refractivity contribution in [2.24, 2.45) is 0 Å². The van der Waals surface area contributed by atoms with Crippen LogP contribution in [0.15, 0.2) is 24.3 Å². The van der Waals surface area contributed by atoms with E-state index in [1.165, 1.54) is 12.1 Å². The van der Waals surface area contributed by atoms with Crippen molar-refractivity contribution in [1.82, 2.24) is 14.3 Å². The smallest absolute Gasteiger partial charge is 0.277 e. The first-order valence-electron chi connectivity index (χ1n) is 8.80. The molecule has 1 unspecified atom stereocenters. The van der Waals surface area contributed by atoms with Crippen LogP contribution < -0.4 is 9.44 Å². The number of hydrogen-bond acceptors (Lipinski definition) is 3. The molecule has 0 radical (unpaired) electrons. The van der Waals surface area contributed by atoms with Crippen LogP contribution in [0.1, 0.15) is 50.1 Å². The monoisotopic (exact) mass is 355 g/mol. The number of halogens is 1. The van der Waals surface area contributed by atoms with E-state index in [1.54, 1.807) is 12.1 Å². The Balaban J connectivity index is 1.66. The zero-order valence-corrected chi connectivity index (χ0v) is 14.7. The lowest BCUT2D eigenvalue weighted by Gasteiger charge is -2.28. The fourth-order valence-electron chi connectivity index (χ4n) is 3.69. The van der Waals surface area contributed by atoms with Crippen molar-refractivity contribution in [2.45, 2.75) is 50.6 Å². The SMILES string of the molecule is O=S(=O)(NCC(c1ccc(F)cc1)N1CCCC1)NC1CCCC1. The number of nitrogens with one attached hydrogen (secondary N) is 2. The van der Waals surface area contributed by atoms with Crippen molar-refractivity contribution >= 4 is 10.2 Å². The Labute approximate surface area is 143 Å². The number of nitrogens with zero attached hydrogens (tertiary/aromatic N) is 1. The van der Waals surface area contributed by atoms with Crippen LogP contribution in [0.5, 0.6) is 0 Å². The molecular formula is C17H26FN3O2S. The predicted octanol–water partition coefficient (Wildman–Crippen LogP) is 2.33. The van der Waals surface area contributed by atoms with E-state index >= 15 is 0 Å². The third kappa shape index (κ3) is 4.75. The molecular weight excluding hydrogens is 329 g/mol. The zero-order valence-electron chi connectivity index (χ0n) is 13.9. The Hall–Kier alpha value is -1.02. The molecule has 1 saturated carbocycles. The topological polar surface area (TPSA) is 61.4 Å². The van der Waals surface area contributed by atoms with Gasteiger partial charge in [-0.25, -0.2) is 9.11 Å². The highest BCUT2D eigenvalue weighted by Gasteiger charge is 2.26. The number of likely N-dealkylation sites (tertiary alicyclic amines) is 1. The normalized spacial score (nSPS) is 21.4. The largest absolute Gasteiger partial charge is 0.295 e. The summed E-state index contributed by atoms with van der Waals surface area (Å²) >= 11 is 0. The molecule has 2 N–H and O–H groups in total. The highest BCUT2D eigenvalue weighted by Crippen LogP contribution is 2.25. The van der Waals surface area contributed by atoms with E-state index in [1.807, 2.05) is 0 Å². The van der Waals surface area contributed by atoms with Gasteiger partial charge < -0.3 is 0 Å². The first-order chi connectivity index (χ1) is 11.5. The van der Waals surface area contributed by atoms with Gasteiger partial charge in [0, 0.05) is 18.6 Å². The molecule has 1 aromatic carbocycles. The number of benzene rings is 1. The van der Waals surface area contributed by atoms with Gasteiger partial charge >= 0.3 is 0 Å². The second kappa shape index (κ2) is 7.91. The van der Waals surface area contributed by atoms with Gasteiger partial charge in [0.15, 0.2) is 0 Å². The van der Waals surface area contributed by atoms with Crippen molar-refractivity contribution in [2.75, 3.05) is 19.6 Å². The van der Waals surface area contributed by atoms with Gasteiger partial charge in [-0.1, -0.05) is 25.0 Å². The Bertz CT molecular complexity index is 624. The fourth-order valence-corrected chi connectivity index (χ4v) is 4.82. The Morgan fingerprint density at radius 2 is 1.71 bits per heavy atom. The standard InChI is InChI=1S/C17H26FN3O2S/c18-15-9-7-14(8-10-15)17(21-11-3-4-12-21)13-19-24(22,23)20-16-5-1-2-6-16/h7-10,16-17,19-20H,1-6,11-13H2. The second-order valence-electron chi connectivity index (χ2n) is 6.76. The van der Waals surface area contributed by atoms with Gasteiger partial charge in [0.2, 0.25) is 0 Å². The number of rotatable bonds is 7. The summed E-state index contributed by atoms with van der Waals surface area (Å²) in [6.07, 6.45) is 6.22. The third-order valence-electron chi connectivity index (χ3n) is 4.98. The molecule has 1 heterocycles. The van der Waals surface area contributed by atoms with E-state index in [9.17, 15) is 12.8 Å². The van der Waals surface area contributed by atoms with Crippen LogP contribution in [0.4, 0.5) is 4.39 Å². The summed E-state index contributed by atoms with van der Waals surface area (Å²) in [4.78, 5) is 2.27. The van der Waals surface area contributed by atoms with Crippen molar-refractivity contribution in [1.29, 1.82) is 0 Å². The van der Waals surface area contributed by atoms with Crippen molar-refractivity contribution in [3.63, 3.8) is 0 Å². The summed E-state index contributed by atoms with van der Waals surface area (Å²) in [6, 6.07) is 6.35. The van der Waals surface area contributed by atoms with Gasteiger partial charge in [0.25, 0.3) is 10.2 Å². The molecule has 5 nitrogen and oxygen atoms in total. The molecule has 0 bridgehead atoms. The van der Waals surface area contributed by atoms with Crippen LogP contribution in [0, 0.1) is 5.82 Å². The summed E-state index contributed by atoms with van der Waals surface area (Å²) in [5, 5.41) is 0. The average molecular weight is 355 g/mol. The quantitative estimate of drug-likeness (QED) is 0.789. The molecule has 134 valence electrons. The van der Waals surface area contributed by atoms with Gasteiger partial charge in [-0.3, -0.25) is 4.90 Å². The molecule has 7 heteroatoms. The van der Waals surface area contributed by atoms with Gasteiger partial charge in [-0.2, -0.15) is 13.1 Å². The molecule has 24 heavy (non-hydrogen) atoms. The summed E-state index contributed by atoms with van der Waals surface area (Å²) in [5.74, 6) is -0.276. The highest BCUT2D eigenvalue weighted by atomic mass is 32.2. The van der Waals surface area contributed by atoms with Crippen LogP contribution in [0.25, 0.3) is 0 Å². The maximum absolute atomic E-state index is 13.2. The number of hydrogen-bond donors (Lipinski definition) is 2. The van der Waals surface area contributed by atoms with Gasteiger partial charge in [0.1, 0.15) is 5.82 Å². The van der Waals surface area contributed by atoms with Crippen molar-refractivity contribution < 1.29 is 12.8 Å². The second-order valence-corrected chi connectivity index (χ2v) is 8.29. The summed E-state index contributed by atoms with van der Waals surface area (Å²) in [7, 11) is -3.51. The molecule has 1 atom stereocenters. The van der Waals surface area contributed by atoms with Crippen LogP contribution >= 0.6 is 0 Å². The van der Waals surface area contributed by atoms with Gasteiger partial charge in [-0.05, 0) is 56.5 Å². The van der Waals surface area contributed by atoms with Gasteiger partial charge in [-0.15, -0.1) is 0 Å². The van der Waals surface area contributed by atoms with E-state index < -0.39 is 10.2 Å². The summed E-state index contributed by atoms with van der Waals surface area (Å²) in [5.41, 5.74) is 0.946. The zero-order chi connectivity index (χ0) is 17.0. The predicted molar refractivity (Wildman–Crippen MR) is 92.3 cm³/mol. The van der Waals surface area contributed by atoms with Crippen LogP contribution in [-0.4, -0.2) is 39.0 Å². The first kappa shape index (κ1) is 17.8. The Morgan fingerprint density at radius 3 is 2.33 bits per heavy atom. The molecule has 3 rings (SSSR count). The van der Waals surface area contributed by atoms with Crippen molar-refractivity contribution in [3.05, 3.63) is 35.6 Å². The Kier molecular flexibility index (Phi) is 5.86. The molecule has 2 aliphatic rings. The first-order valence-corrected chi connectivity index (χ1v) is 10.3. The van der Waals surface area contributed by atoms with Crippen LogP contribution in [0.3, 0.4) is 0 Å². The molecule has 2 fully saturated rings. The van der Waals surface area contributed by atoms with E-state index in [2.05, 4.69) is 14.3 Å². The summed E-state index contributed by atoms with van der Waals surface area (Å²) < 4.78 is 43.2. The molecule has 0 aromatic heterocycles. The molecule has 1 aliphatic carbocycles. The minimum absolute atomic E-state index is 0.0542. The van der Waals surface area contributed by atoms with Crippen LogP contribution in [-0.2, 0) is 10.2 Å².